The molecule has 86 valence electrons. The monoisotopic (exact) mass is 251 g/mol. The fourth-order valence-electron chi connectivity index (χ4n) is 1.29. The summed E-state index contributed by atoms with van der Waals surface area (Å²) in [5.41, 5.74) is 0. The Morgan fingerprint density at radius 1 is 0.706 bits per heavy atom. The zero-order valence-corrected chi connectivity index (χ0v) is 9.24. The van der Waals surface area contributed by atoms with Gasteiger partial charge in [0.05, 0.1) is 0 Å². The number of rotatable bonds is 3. The van der Waals surface area contributed by atoms with Crippen molar-refractivity contribution in [1.82, 2.24) is 43.6 Å². The normalized spacial score (nSPS) is 11.8. The molecule has 0 saturated carbocycles. The van der Waals surface area contributed by atoms with Gasteiger partial charge >= 0.3 is 7.59 Å². The molecule has 0 unspecified atom stereocenters. The Morgan fingerprint density at radius 3 is 1.29 bits per heavy atom. The quantitative estimate of drug-likeness (QED) is 0.578. The molecule has 17 heavy (non-hydrogen) atoms. The highest BCUT2D eigenvalue weighted by Crippen LogP contribution is 2.46. The van der Waals surface area contributed by atoms with Gasteiger partial charge in [0.2, 0.25) is 0 Å². The van der Waals surface area contributed by atoms with Gasteiger partial charge in [0, 0.05) is 0 Å². The minimum atomic E-state index is -3.40. The van der Waals surface area contributed by atoms with Crippen LogP contribution in [0.3, 0.4) is 0 Å². The Balaban J connectivity index is 2.26. The van der Waals surface area contributed by atoms with Gasteiger partial charge in [-0.1, -0.05) is 0 Å². The van der Waals surface area contributed by atoms with Crippen molar-refractivity contribution in [3.05, 3.63) is 38.0 Å². The summed E-state index contributed by atoms with van der Waals surface area (Å²) in [4.78, 5) is 11.3. The smallest absolute Gasteiger partial charge is 0.244 e. The molecule has 3 aromatic rings. The van der Waals surface area contributed by atoms with Gasteiger partial charge in [0.15, 0.2) is 0 Å². The summed E-state index contributed by atoms with van der Waals surface area (Å²) in [5.74, 6) is 0. The van der Waals surface area contributed by atoms with Crippen molar-refractivity contribution in [3.63, 3.8) is 0 Å². The predicted molar refractivity (Wildman–Crippen MR) is 53.9 cm³/mol. The molecule has 0 bridgehead atoms. The van der Waals surface area contributed by atoms with Gasteiger partial charge in [-0.05, 0) is 0 Å². The molecule has 0 spiro atoms. The van der Waals surface area contributed by atoms with E-state index in [1.54, 1.807) is 0 Å². The molecule has 3 rings (SSSR count). The molecule has 0 aliphatic rings. The molecule has 0 aromatic carbocycles. The van der Waals surface area contributed by atoms with E-state index in [2.05, 4.69) is 30.2 Å². The minimum Gasteiger partial charge on any atom is -0.244 e. The van der Waals surface area contributed by atoms with Gasteiger partial charge in [-0.25, -0.2) is 19.5 Å². The van der Waals surface area contributed by atoms with Crippen LogP contribution in [-0.4, -0.2) is 43.6 Å². The maximum Gasteiger partial charge on any atom is 0.423 e. The van der Waals surface area contributed by atoms with Crippen LogP contribution < -0.4 is 0 Å². The third kappa shape index (κ3) is 1.38. The molecule has 0 aliphatic heterocycles. The Morgan fingerprint density at radius 2 is 1.06 bits per heavy atom. The number of nitrogens with zero attached hydrogens (tertiary/aromatic N) is 9. The molecule has 0 amide bonds. The first-order valence-corrected chi connectivity index (χ1v) is 6.05. The van der Waals surface area contributed by atoms with Crippen LogP contribution in [-0.2, 0) is 4.57 Å². The second kappa shape index (κ2) is 3.59. The zero-order chi connectivity index (χ0) is 11.7. The Bertz CT molecular complexity index is 536. The van der Waals surface area contributed by atoms with Crippen molar-refractivity contribution in [1.29, 1.82) is 0 Å². The highest BCUT2D eigenvalue weighted by atomic mass is 31.2. The van der Waals surface area contributed by atoms with Crippen LogP contribution in [0, 0.1) is 0 Å². The van der Waals surface area contributed by atoms with E-state index in [4.69, 9.17) is 0 Å². The first-order chi connectivity index (χ1) is 8.32. The van der Waals surface area contributed by atoms with Gasteiger partial charge in [-0.15, -0.1) is 0 Å². The summed E-state index contributed by atoms with van der Waals surface area (Å²) >= 11 is 0. The summed E-state index contributed by atoms with van der Waals surface area (Å²) in [5, 5.41) is 11.6. The molecule has 0 fully saturated rings. The Labute approximate surface area is 94.5 Å². The molecule has 11 heteroatoms. The van der Waals surface area contributed by atoms with Crippen LogP contribution >= 0.6 is 7.59 Å². The first kappa shape index (κ1) is 9.85. The van der Waals surface area contributed by atoms with Crippen LogP contribution in [0.2, 0.25) is 0 Å². The van der Waals surface area contributed by atoms with Crippen molar-refractivity contribution in [2.45, 2.75) is 0 Å². The second-order valence-corrected chi connectivity index (χ2v) is 5.22. The molecule has 0 aliphatic carbocycles. The van der Waals surface area contributed by atoms with Crippen LogP contribution in [0.5, 0.6) is 0 Å². The third-order valence-corrected chi connectivity index (χ3v) is 4.24. The fourth-order valence-corrected chi connectivity index (χ4v) is 2.98. The van der Waals surface area contributed by atoms with Crippen LogP contribution in [0.1, 0.15) is 0 Å². The van der Waals surface area contributed by atoms with E-state index in [0.29, 0.717) is 0 Å². The lowest BCUT2D eigenvalue weighted by atomic mass is 11.3. The average Bonchev–Trinajstić information content (AvgIpc) is 3.10. The van der Waals surface area contributed by atoms with Crippen molar-refractivity contribution in [3.8, 4) is 0 Å². The molecule has 3 aromatic heterocycles. The lowest BCUT2D eigenvalue weighted by molar-refractivity contribution is 0.534. The summed E-state index contributed by atoms with van der Waals surface area (Å²) in [7, 11) is -3.40. The lowest BCUT2D eigenvalue weighted by Gasteiger charge is -2.16. The maximum atomic E-state index is 13.0. The van der Waals surface area contributed by atoms with Gasteiger partial charge in [-0.3, -0.25) is 0 Å². The highest BCUT2D eigenvalue weighted by molar-refractivity contribution is 7.58. The Kier molecular flexibility index (Phi) is 2.08. The van der Waals surface area contributed by atoms with Gasteiger partial charge in [0.1, 0.15) is 38.0 Å². The largest absolute Gasteiger partial charge is 0.423 e. The van der Waals surface area contributed by atoms with E-state index < -0.39 is 7.59 Å². The lowest BCUT2D eigenvalue weighted by Crippen LogP contribution is -2.15. The standard InChI is InChI=1S/C6H6N9OP/c16-17(13-4-7-1-10-13,14-5-8-2-11-14)15-6-9-3-12-15/h1-6H. The third-order valence-electron chi connectivity index (χ3n) is 2.02. The molecule has 0 saturated heterocycles. The van der Waals surface area contributed by atoms with Crippen molar-refractivity contribution < 1.29 is 4.57 Å². The molecular formula is C6H6N9OP. The highest BCUT2D eigenvalue weighted by Gasteiger charge is 2.32. The topological polar surface area (TPSA) is 109 Å². The van der Waals surface area contributed by atoms with Crippen LogP contribution in [0.15, 0.2) is 38.0 Å². The molecule has 0 atom stereocenters. The number of hydrogen-bond donors (Lipinski definition) is 0. The molecular weight excluding hydrogens is 245 g/mol. The summed E-state index contributed by atoms with van der Waals surface area (Å²) in [6, 6.07) is 0. The van der Waals surface area contributed by atoms with E-state index >= 15 is 0 Å². The fraction of sp³-hybridized carbons (Fsp3) is 0. The van der Waals surface area contributed by atoms with Crippen LogP contribution in [0.25, 0.3) is 0 Å². The first-order valence-electron chi connectivity index (χ1n) is 4.48. The van der Waals surface area contributed by atoms with Crippen LogP contribution in [0.4, 0.5) is 0 Å². The van der Waals surface area contributed by atoms with Crippen molar-refractivity contribution in [2.24, 2.45) is 0 Å². The summed E-state index contributed by atoms with van der Waals surface area (Å²) in [6.07, 6.45) is 7.81. The van der Waals surface area contributed by atoms with Gasteiger partial charge in [0.25, 0.3) is 0 Å². The summed E-state index contributed by atoms with van der Waals surface area (Å²) < 4.78 is 16.5. The van der Waals surface area contributed by atoms with E-state index in [9.17, 15) is 4.57 Å². The van der Waals surface area contributed by atoms with E-state index in [-0.39, 0.29) is 0 Å². The SMILES string of the molecule is O=P(n1cncn1)(n1cncn1)n1cncn1. The van der Waals surface area contributed by atoms with E-state index in [1.807, 2.05) is 0 Å². The average molecular weight is 251 g/mol. The molecule has 3 heterocycles. The number of aromatic nitrogens is 9. The molecule has 10 nitrogen and oxygen atoms in total. The Hall–Kier alpha value is -2.35. The summed E-state index contributed by atoms with van der Waals surface area (Å²) in [6.45, 7) is 0. The second-order valence-electron chi connectivity index (χ2n) is 2.96. The van der Waals surface area contributed by atoms with Crippen molar-refractivity contribution in [2.75, 3.05) is 0 Å². The number of hydrogen-bond acceptors (Lipinski definition) is 7. The van der Waals surface area contributed by atoms with Gasteiger partial charge < -0.3 is 0 Å². The molecule has 0 radical (unpaired) electrons. The zero-order valence-electron chi connectivity index (χ0n) is 8.34. The maximum absolute atomic E-state index is 13.0. The van der Waals surface area contributed by atoms with Crippen molar-refractivity contribution >= 4 is 7.59 Å². The van der Waals surface area contributed by atoms with E-state index in [1.165, 1.54) is 51.3 Å². The van der Waals surface area contributed by atoms with Gasteiger partial charge in [-0.2, -0.15) is 28.7 Å². The minimum absolute atomic E-state index is 1.18. The predicted octanol–water partition coefficient (Wildman–Crippen LogP) is -0.486. The van der Waals surface area contributed by atoms with E-state index in [0.717, 1.165) is 0 Å². The molecule has 0 N–H and O–H groups in total.